The maximum Gasteiger partial charge on any atom is 0.371 e. The van der Waals surface area contributed by atoms with E-state index in [9.17, 15) is 9.59 Å². The Morgan fingerprint density at radius 1 is 1.26 bits per heavy atom. The number of fused-ring (bicyclic) bond motifs is 1. The fourth-order valence-corrected chi connectivity index (χ4v) is 2.64. The van der Waals surface area contributed by atoms with Crippen LogP contribution in [-0.4, -0.2) is 35.2 Å². The number of furan rings is 1. The second-order valence-corrected chi connectivity index (χ2v) is 7.15. The predicted molar refractivity (Wildman–Crippen MR) is 88.1 cm³/mol. The van der Waals surface area contributed by atoms with Gasteiger partial charge < -0.3 is 19.0 Å². The fraction of sp³-hybridized carbons (Fsp3) is 0.375. The number of carboxylic acids is 1. The van der Waals surface area contributed by atoms with Crippen molar-refractivity contribution >= 4 is 31.2 Å². The smallest absolute Gasteiger partial charge is 0.371 e. The molecule has 0 saturated heterocycles. The van der Waals surface area contributed by atoms with Gasteiger partial charge in [0.1, 0.15) is 16.9 Å². The summed E-state index contributed by atoms with van der Waals surface area (Å²) >= 11 is 0. The quantitative estimate of drug-likeness (QED) is 0.630. The molecule has 23 heavy (non-hydrogen) atoms. The highest BCUT2D eigenvalue weighted by Gasteiger charge is 2.15. The fourth-order valence-electron chi connectivity index (χ4n) is 1.85. The molecule has 0 bridgehead atoms. The predicted octanol–water partition coefficient (Wildman–Crippen LogP) is 4.12. The van der Waals surface area contributed by atoms with E-state index in [0.29, 0.717) is 29.5 Å². The van der Waals surface area contributed by atoms with Crippen molar-refractivity contribution in [3.05, 3.63) is 30.0 Å². The Kier molecular flexibility index (Phi) is 5.26. The molecule has 1 N–H and O–H groups in total. The maximum absolute atomic E-state index is 11.6. The first kappa shape index (κ1) is 17.3. The number of carboxylic acid groups (broad SMARTS) is 1. The van der Waals surface area contributed by atoms with E-state index in [-0.39, 0.29) is 20.1 Å². The molecule has 0 spiro atoms. The Morgan fingerprint density at radius 3 is 2.65 bits per heavy atom. The van der Waals surface area contributed by atoms with Crippen LogP contribution in [0.1, 0.15) is 31.3 Å². The molecule has 1 aromatic carbocycles. The third-order valence-corrected chi connectivity index (χ3v) is 3.58. The van der Waals surface area contributed by atoms with Gasteiger partial charge in [-0.1, -0.05) is 0 Å². The first-order chi connectivity index (χ1) is 10.7. The van der Waals surface area contributed by atoms with Gasteiger partial charge in [0.15, 0.2) is 0 Å². The molecule has 6 nitrogen and oxygen atoms in total. The molecule has 2 aromatic rings. The number of carbonyl (C=O) groups is 2. The van der Waals surface area contributed by atoms with Gasteiger partial charge in [-0.3, -0.25) is 0 Å². The first-order valence-corrected chi connectivity index (χ1v) is 8.32. The summed E-state index contributed by atoms with van der Waals surface area (Å²) in [5.41, 5.74) is -0.207. The van der Waals surface area contributed by atoms with Crippen LogP contribution in [0.5, 0.6) is 5.75 Å². The van der Waals surface area contributed by atoms with Crippen molar-refractivity contribution in [3.63, 3.8) is 0 Å². The topological polar surface area (TPSA) is 86.0 Å². The first-order valence-electron chi connectivity index (χ1n) is 7.11. The Balaban J connectivity index is 1.85. The average molecular weight is 338 g/mol. The molecule has 0 aliphatic heterocycles. The lowest BCUT2D eigenvalue weighted by Crippen LogP contribution is -2.21. The zero-order valence-corrected chi connectivity index (χ0v) is 14.2. The van der Waals surface area contributed by atoms with Gasteiger partial charge >= 0.3 is 11.7 Å². The van der Waals surface area contributed by atoms with Gasteiger partial charge in [0.05, 0.1) is 6.61 Å². The van der Waals surface area contributed by atoms with Gasteiger partial charge in [0, 0.05) is 11.5 Å². The third kappa shape index (κ3) is 5.25. The summed E-state index contributed by atoms with van der Waals surface area (Å²) in [6, 6.07) is 6.52. The molecular formula is C16H19O6P. The summed E-state index contributed by atoms with van der Waals surface area (Å²) in [5, 5.41) is 9.55. The van der Waals surface area contributed by atoms with Gasteiger partial charge in [-0.15, -0.1) is 0 Å². The van der Waals surface area contributed by atoms with Crippen LogP contribution < -0.4 is 4.74 Å². The number of ether oxygens (including phenoxy) is 2. The monoisotopic (exact) mass is 338 g/mol. The highest BCUT2D eigenvalue weighted by Crippen LogP contribution is 2.25. The summed E-state index contributed by atoms with van der Waals surface area (Å²) < 4.78 is 16.0. The van der Waals surface area contributed by atoms with Crippen LogP contribution >= 0.6 is 8.58 Å². The van der Waals surface area contributed by atoms with Crippen LogP contribution in [0.2, 0.25) is 0 Å². The van der Waals surface area contributed by atoms with Crippen molar-refractivity contribution < 1.29 is 28.6 Å². The van der Waals surface area contributed by atoms with Crippen LogP contribution in [0, 0.1) is 0 Å². The zero-order valence-electron chi connectivity index (χ0n) is 13.2. The second-order valence-electron chi connectivity index (χ2n) is 5.89. The molecule has 1 heterocycles. The lowest BCUT2D eigenvalue weighted by molar-refractivity contribution is 0.0663. The van der Waals surface area contributed by atoms with E-state index in [1.807, 2.05) is 20.8 Å². The highest BCUT2D eigenvalue weighted by atomic mass is 31.1. The van der Waals surface area contributed by atoms with E-state index in [1.54, 1.807) is 18.2 Å². The average Bonchev–Trinajstić information content (AvgIpc) is 2.85. The zero-order chi connectivity index (χ0) is 17.0. The highest BCUT2D eigenvalue weighted by molar-refractivity contribution is 7.57. The van der Waals surface area contributed by atoms with Crippen molar-refractivity contribution in [3.8, 4) is 5.75 Å². The van der Waals surface area contributed by atoms with Gasteiger partial charge in [-0.05, 0) is 53.6 Å². The molecule has 0 amide bonds. The van der Waals surface area contributed by atoms with E-state index >= 15 is 0 Å². The molecule has 0 aliphatic carbocycles. The van der Waals surface area contributed by atoms with E-state index in [1.165, 1.54) is 6.07 Å². The van der Waals surface area contributed by atoms with Gasteiger partial charge in [-0.25, -0.2) is 9.59 Å². The van der Waals surface area contributed by atoms with Crippen LogP contribution in [-0.2, 0) is 4.74 Å². The number of rotatable bonds is 6. The van der Waals surface area contributed by atoms with Crippen molar-refractivity contribution in [2.24, 2.45) is 0 Å². The van der Waals surface area contributed by atoms with Crippen molar-refractivity contribution in [2.75, 3.05) is 12.8 Å². The SMILES string of the molecule is CC(C)(C)OC(=O)PCCOc1ccc2oc(C(=O)O)cc2c1. The molecule has 0 fully saturated rings. The van der Waals surface area contributed by atoms with Crippen LogP contribution in [0.15, 0.2) is 28.7 Å². The largest absolute Gasteiger partial charge is 0.493 e. The number of hydrogen-bond donors (Lipinski definition) is 1. The molecular weight excluding hydrogens is 319 g/mol. The maximum atomic E-state index is 11.6. The number of benzene rings is 1. The molecule has 0 radical (unpaired) electrons. The van der Waals surface area contributed by atoms with E-state index in [2.05, 4.69) is 0 Å². The lowest BCUT2D eigenvalue weighted by atomic mass is 10.2. The number of hydrogen-bond acceptors (Lipinski definition) is 5. The molecule has 7 heteroatoms. The van der Waals surface area contributed by atoms with Crippen LogP contribution in [0.25, 0.3) is 11.0 Å². The molecule has 1 unspecified atom stereocenters. The van der Waals surface area contributed by atoms with Crippen molar-refractivity contribution in [1.29, 1.82) is 0 Å². The standard InChI is InChI=1S/C16H19O6P/c1-16(2,3)22-15(19)23-7-6-20-11-4-5-12-10(8-11)9-13(21-12)14(17)18/h4-5,8-9,23H,6-7H2,1-3H3,(H,17,18). The minimum atomic E-state index is -1.11. The second kappa shape index (κ2) is 7.01. The summed E-state index contributed by atoms with van der Waals surface area (Å²) in [5.74, 6) is -0.616. The Morgan fingerprint density at radius 2 is 2.00 bits per heavy atom. The van der Waals surface area contributed by atoms with E-state index < -0.39 is 11.6 Å². The van der Waals surface area contributed by atoms with E-state index in [4.69, 9.17) is 19.0 Å². The molecule has 124 valence electrons. The van der Waals surface area contributed by atoms with Gasteiger partial charge in [0.25, 0.3) is 0 Å². The minimum Gasteiger partial charge on any atom is -0.493 e. The third-order valence-electron chi connectivity index (χ3n) is 2.74. The summed E-state index contributed by atoms with van der Waals surface area (Å²) in [4.78, 5) is 22.4. The lowest BCUT2D eigenvalue weighted by Gasteiger charge is -2.19. The molecule has 1 aromatic heterocycles. The normalized spacial score (nSPS) is 12.0. The molecule has 2 rings (SSSR count). The van der Waals surface area contributed by atoms with Crippen LogP contribution in [0.3, 0.4) is 0 Å². The molecule has 0 saturated carbocycles. The summed E-state index contributed by atoms with van der Waals surface area (Å²) in [6.45, 7) is 5.87. The van der Waals surface area contributed by atoms with Gasteiger partial charge in [0.2, 0.25) is 5.76 Å². The van der Waals surface area contributed by atoms with Crippen molar-refractivity contribution in [2.45, 2.75) is 26.4 Å². The minimum absolute atomic E-state index is 0.0309. The molecule has 1 atom stereocenters. The Labute approximate surface area is 135 Å². The van der Waals surface area contributed by atoms with E-state index in [0.717, 1.165) is 0 Å². The van der Waals surface area contributed by atoms with Gasteiger partial charge in [-0.2, -0.15) is 0 Å². The van der Waals surface area contributed by atoms with Crippen molar-refractivity contribution in [1.82, 2.24) is 0 Å². The Bertz CT molecular complexity index is 713. The molecule has 0 aliphatic rings. The summed E-state index contributed by atoms with van der Waals surface area (Å²) in [7, 11) is 0.0309. The summed E-state index contributed by atoms with van der Waals surface area (Å²) in [6.07, 6.45) is 0.568. The van der Waals surface area contributed by atoms with Crippen LogP contribution in [0.4, 0.5) is 4.79 Å². The number of aromatic carboxylic acids is 1. The number of carbonyl (C=O) groups excluding carboxylic acids is 1. The Hall–Kier alpha value is -2.07.